The van der Waals surface area contributed by atoms with Crippen molar-refractivity contribution < 1.29 is 0 Å². The number of aryl methyl sites for hydroxylation is 2. The van der Waals surface area contributed by atoms with Gasteiger partial charge in [-0.05, 0) is 38.3 Å². The van der Waals surface area contributed by atoms with Gasteiger partial charge in [-0.1, -0.05) is 49.9 Å². The van der Waals surface area contributed by atoms with Crippen LogP contribution < -0.4 is 5.32 Å². The van der Waals surface area contributed by atoms with Gasteiger partial charge in [0.2, 0.25) is 0 Å². The highest BCUT2D eigenvalue weighted by molar-refractivity contribution is 5.30. The van der Waals surface area contributed by atoms with E-state index >= 15 is 0 Å². The van der Waals surface area contributed by atoms with Crippen LogP contribution in [0.3, 0.4) is 0 Å². The lowest BCUT2D eigenvalue weighted by Crippen LogP contribution is -2.25. The van der Waals surface area contributed by atoms with E-state index in [1.54, 1.807) is 0 Å². The minimum atomic E-state index is 0.626. The highest BCUT2D eigenvalue weighted by Gasteiger charge is 2.03. The monoisotopic (exact) mass is 233 g/mol. The Balaban J connectivity index is 2.36. The highest BCUT2D eigenvalue weighted by atomic mass is 14.9. The van der Waals surface area contributed by atoms with Gasteiger partial charge in [0.25, 0.3) is 0 Å². The van der Waals surface area contributed by atoms with Crippen LogP contribution in [0.1, 0.15) is 56.2 Å². The number of unbranched alkanes of at least 4 members (excludes halogenated alkanes) is 2. The van der Waals surface area contributed by atoms with Gasteiger partial charge >= 0.3 is 0 Å². The molecule has 17 heavy (non-hydrogen) atoms. The lowest BCUT2D eigenvalue weighted by molar-refractivity contribution is 0.486. The zero-order valence-corrected chi connectivity index (χ0v) is 11.8. The van der Waals surface area contributed by atoms with Crippen molar-refractivity contribution in [3.63, 3.8) is 0 Å². The predicted octanol–water partition coefficient (Wildman–Crippen LogP) is 4.36. The van der Waals surface area contributed by atoms with E-state index < -0.39 is 0 Å². The molecule has 0 aliphatic heterocycles. The van der Waals surface area contributed by atoms with Gasteiger partial charge in [-0.2, -0.15) is 0 Å². The molecule has 0 aromatic heterocycles. The molecule has 1 rings (SSSR count). The van der Waals surface area contributed by atoms with Crippen LogP contribution in [0, 0.1) is 13.8 Å². The third-order valence-corrected chi connectivity index (χ3v) is 3.39. The van der Waals surface area contributed by atoms with Crippen LogP contribution in [0.25, 0.3) is 0 Å². The zero-order chi connectivity index (χ0) is 12.7. The number of rotatable bonds is 7. The van der Waals surface area contributed by atoms with E-state index in [0.717, 1.165) is 6.54 Å². The summed E-state index contributed by atoms with van der Waals surface area (Å²) in [4.78, 5) is 0. The largest absolute Gasteiger partial charge is 0.310 e. The minimum absolute atomic E-state index is 0.626. The summed E-state index contributed by atoms with van der Waals surface area (Å²) in [6, 6.07) is 7.32. The summed E-state index contributed by atoms with van der Waals surface area (Å²) in [5.41, 5.74) is 4.18. The van der Waals surface area contributed by atoms with Crippen molar-refractivity contribution in [2.24, 2.45) is 0 Å². The molecular weight excluding hydrogens is 206 g/mol. The van der Waals surface area contributed by atoms with E-state index in [2.05, 4.69) is 51.2 Å². The second-order valence-electron chi connectivity index (χ2n) is 5.21. The van der Waals surface area contributed by atoms with Crippen molar-refractivity contribution in [2.45, 2.75) is 66.0 Å². The Kier molecular flexibility index (Phi) is 6.28. The molecule has 0 saturated carbocycles. The molecule has 0 aliphatic carbocycles. The molecule has 0 spiro atoms. The number of benzene rings is 1. The maximum atomic E-state index is 3.63. The molecule has 0 heterocycles. The third-order valence-electron chi connectivity index (χ3n) is 3.39. The van der Waals surface area contributed by atoms with Crippen LogP contribution >= 0.6 is 0 Å². The van der Waals surface area contributed by atoms with Crippen LogP contribution in [0.2, 0.25) is 0 Å². The van der Waals surface area contributed by atoms with E-state index in [0.29, 0.717) is 6.04 Å². The third kappa shape index (κ3) is 5.36. The lowest BCUT2D eigenvalue weighted by Gasteiger charge is -2.15. The molecule has 1 aromatic carbocycles. The van der Waals surface area contributed by atoms with Crippen molar-refractivity contribution in [2.75, 3.05) is 0 Å². The second-order valence-corrected chi connectivity index (χ2v) is 5.21. The van der Waals surface area contributed by atoms with Crippen LogP contribution in [-0.4, -0.2) is 6.04 Å². The Morgan fingerprint density at radius 1 is 1.18 bits per heavy atom. The van der Waals surface area contributed by atoms with Gasteiger partial charge in [0.15, 0.2) is 0 Å². The molecule has 1 atom stereocenters. The minimum Gasteiger partial charge on any atom is -0.310 e. The Labute approximate surface area is 107 Å². The molecule has 0 aliphatic rings. The van der Waals surface area contributed by atoms with Crippen molar-refractivity contribution in [3.05, 3.63) is 34.9 Å². The van der Waals surface area contributed by atoms with Gasteiger partial charge in [0.05, 0.1) is 0 Å². The number of nitrogens with one attached hydrogen (secondary N) is 1. The first-order valence-corrected chi connectivity index (χ1v) is 6.93. The summed E-state index contributed by atoms with van der Waals surface area (Å²) in [7, 11) is 0. The van der Waals surface area contributed by atoms with Gasteiger partial charge in [0.1, 0.15) is 0 Å². The summed E-state index contributed by atoms with van der Waals surface area (Å²) in [5, 5.41) is 3.63. The topological polar surface area (TPSA) is 12.0 Å². The highest BCUT2D eigenvalue weighted by Crippen LogP contribution is 2.11. The fourth-order valence-corrected chi connectivity index (χ4v) is 2.08. The SMILES string of the molecule is CCCCCC(C)NCc1cc(C)ccc1C. The van der Waals surface area contributed by atoms with E-state index in [1.807, 2.05) is 0 Å². The Morgan fingerprint density at radius 3 is 2.65 bits per heavy atom. The quantitative estimate of drug-likeness (QED) is 0.690. The van der Waals surface area contributed by atoms with Crippen LogP contribution in [0.15, 0.2) is 18.2 Å². The fraction of sp³-hybridized carbons (Fsp3) is 0.625. The Morgan fingerprint density at radius 2 is 1.94 bits per heavy atom. The van der Waals surface area contributed by atoms with E-state index in [9.17, 15) is 0 Å². The van der Waals surface area contributed by atoms with Gasteiger partial charge in [-0.3, -0.25) is 0 Å². The predicted molar refractivity (Wildman–Crippen MR) is 76.4 cm³/mol. The molecule has 1 nitrogen and oxygen atoms in total. The molecule has 0 bridgehead atoms. The first kappa shape index (κ1) is 14.2. The van der Waals surface area contributed by atoms with Gasteiger partial charge in [-0.25, -0.2) is 0 Å². The average Bonchev–Trinajstić information content (AvgIpc) is 2.31. The number of hydrogen-bond acceptors (Lipinski definition) is 1. The van der Waals surface area contributed by atoms with Crippen LogP contribution in [0.4, 0.5) is 0 Å². The molecule has 0 radical (unpaired) electrons. The standard InChI is InChI=1S/C16H27N/c1-5-6-7-8-15(4)17-12-16-11-13(2)9-10-14(16)3/h9-11,15,17H,5-8,12H2,1-4H3. The molecule has 96 valence electrons. The van der Waals surface area contributed by atoms with Crippen molar-refractivity contribution >= 4 is 0 Å². The van der Waals surface area contributed by atoms with Gasteiger partial charge in [0, 0.05) is 12.6 Å². The van der Waals surface area contributed by atoms with E-state index in [1.165, 1.54) is 42.4 Å². The van der Waals surface area contributed by atoms with Crippen molar-refractivity contribution in [1.82, 2.24) is 5.32 Å². The van der Waals surface area contributed by atoms with Gasteiger partial charge < -0.3 is 5.32 Å². The summed E-state index contributed by atoms with van der Waals surface area (Å²) in [6.45, 7) is 9.90. The first-order valence-electron chi connectivity index (χ1n) is 6.93. The van der Waals surface area contributed by atoms with Crippen molar-refractivity contribution in [3.8, 4) is 0 Å². The molecule has 1 aromatic rings. The summed E-state index contributed by atoms with van der Waals surface area (Å²) in [6.07, 6.45) is 5.30. The Hall–Kier alpha value is -0.820. The maximum absolute atomic E-state index is 3.63. The summed E-state index contributed by atoms with van der Waals surface area (Å²) >= 11 is 0. The van der Waals surface area contributed by atoms with Crippen LogP contribution in [-0.2, 0) is 6.54 Å². The molecule has 1 unspecified atom stereocenters. The zero-order valence-electron chi connectivity index (χ0n) is 11.8. The van der Waals surface area contributed by atoms with E-state index in [-0.39, 0.29) is 0 Å². The smallest absolute Gasteiger partial charge is 0.0210 e. The van der Waals surface area contributed by atoms with Crippen molar-refractivity contribution in [1.29, 1.82) is 0 Å². The maximum Gasteiger partial charge on any atom is 0.0210 e. The number of hydrogen-bond donors (Lipinski definition) is 1. The Bertz CT molecular complexity index is 330. The molecule has 0 amide bonds. The summed E-state index contributed by atoms with van der Waals surface area (Å²) in [5.74, 6) is 0. The van der Waals surface area contributed by atoms with Gasteiger partial charge in [-0.15, -0.1) is 0 Å². The first-order chi connectivity index (χ1) is 8.13. The molecule has 0 saturated heterocycles. The molecule has 0 fully saturated rings. The lowest BCUT2D eigenvalue weighted by atomic mass is 10.0. The molecule has 1 N–H and O–H groups in total. The van der Waals surface area contributed by atoms with Crippen LogP contribution in [0.5, 0.6) is 0 Å². The average molecular weight is 233 g/mol. The summed E-state index contributed by atoms with van der Waals surface area (Å²) < 4.78 is 0. The second kappa shape index (κ2) is 7.50. The molecule has 1 heteroatoms. The molecular formula is C16H27N. The normalized spacial score (nSPS) is 12.7. The van der Waals surface area contributed by atoms with E-state index in [4.69, 9.17) is 0 Å². The fourth-order valence-electron chi connectivity index (χ4n) is 2.08.